The van der Waals surface area contributed by atoms with E-state index in [1.807, 2.05) is 36.8 Å². The molecular formula is C22H21N3O. The van der Waals surface area contributed by atoms with E-state index in [0.29, 0.717) is 0 Å². The molecular weight excluding hydrogens is 322 g/mol. The maximum atomic E-state index is 6.31. The van der Waals surface area contributed by atoms with Crippen LogP contribution in [0.4, 0.5) is 5.69 Å². The van der Waals surface area contributed by atoms with Crippen molar-refractivity contribution in [2.24, 2.45) is 0 Å². The van der Waals surface area contributed by atoms with Crippen LogP contribution in [0.15, 0.2) is 85.5 Å². The van der Waals surface area contributed by atoms with Crippen LogP contribution in [0.25, 0.3) is 10.8 Å². The Labute approximate surface area is 152 Å². The number of aryl methyl sites for hydroxylation is 1. The molecule has 4 rings (SSSR count). The maximum absolute atomic E-state index is 6.31. The average molecular weight is 343 g/mol. The van der Waals surface area contributed by atoms with Gasteiger partial charge in [-0.1, -0.05) is 36.4 Å². The molecule has 0 aliphatic rings. The summed E-state index contributed by atoms with van der Waals surface area (Å²) in [6.45, 7) is 0.840. The predicted molar refractivity (Wildman–Crippen MR) is 105 cm³/mol. The third kappa shape index (κ3) is 3.70. The molecule has 1 aromatic heterocycles. The molecule has 4 aromatic rings. The lowest BCUT2D eigenvalue weighted by atomic mass is 10.0. The topological polar surface area (TPSA) is 53.1 Å². The van der Waals surface area contributed by atoms with E-state index < -0.39 is 0 Å². The van der Waals surface area contributed by atoms with E-state index in [1.165, 1.54) is 16.3 Å². The molecule has 3 aromatic carbocycles. The number of hydrogen-bond donors (Lipinski definition) is 1. The number of hydrogen-bond acceptors (Lipinski definition) is 3. The standard InChI is InChI=1S/C22H21N3O/c23-20-7-9-21(10-8-20)26-22(11-13-25-14-12-24-16-25)19-6-5-17-3-1-2-4-18(17)15-19/h1-10,12,14-16,22H,11,13,23H2. The molecule has 0 aliphatic carbocycles. The van der Waals surface area contributed by atoms with E-state index in [2.05, 4.69) is 52.0 Å². The molecule has 0 saturated heterocycles. The molecule has 0 aliphatic heterocycles. The molecule has 0 fully saturated rings. The molecule has 130 valence electrons. The number of anilines is 1. The van der Waals surface area contributed by atoms with E-state index in [9.17, 15) is 0 Å². The molecule has 0 bridgehead atoms. The molecule has 0 amide bonds. The highest BCUT2D eigenvalue weighted by molar-refractivity contribution is 5.83. The Morgan fingerprint density at radius 1 is 0.962 bits per heavy atom. The van der Waals surface area contributed by atoms with Crippen molar-refractivity contribution in [3.8, 4) is 5.75 Å². The third-order valence-corrected chi connectivity index (χ3v) is 4.51. The minimum Gasteiger partial charge on any atom is -0.486 e. The summed E-state index contributed by atoms with van der Waals surface area (Å²) in [6, 6.07) is 22.5. The van der Waals surface area contributed by atoms with Gasteiger partial charge in [0.25, 0.3) is 0 Å². The number of fused-ring (bicyclic) bond motifs is 1. The number of aromatic nitrogens is 2. The van der Waals surface area contributed by atoms with Crippen molar-refractivity contribution in [3.63, 3.8) is 0 Å². The Hall–Kier alpha value is -3.27. The van der Waals surface area contributed by atoms with Gasteiger partial charge >= 0.3 is 0 Å². The van der Waals surface area contributed by atoms with Gasteiger partial charge in [0.05, 0.1) is 6.33 Å². The van der Waals surface area contributed by atoms with E-state index >= 15 is 0 Å². The van der Waals surface area contributed by atoms with Crippen molar-refractivity contribution in [2.75, 3.05) is 5.73 Å². The van der Waals surface area contributed by atoms with Crippen molar-refractivity contribution >= 4 is 16.5 Å². The summed E-state index contributed by atoms with van der Waals surface area (Å²) in [5, 5.41) is 2.45. The van der Waals surface area contributed by atoms with E-state index in [-0.39, 0.29) is 6.10 Å². The van der Waals surface area contributed by atoms with Crippen LogP contribution in [0.5, 0.6) is 5.75 Å². The van der Waals surface area contributed by atoms with Gasteiger partial charge in [-0.05, 0) is 46.7 Å². The second-order valence-electron chi connectivity index (χ2n) is 6.37. The van der Waals surface area contributed by atoms with Gasteiger partial charge in [0.2, 0.25) is 0 Å². The van der Waals surface area contributed by atoms with E-state index in [4.69, 9.17) is 10.5 Å². The molecule has 0 saturated carbocycles. The monoisotopic (exact) mass is 343 g/mol. The van der Waals surface area contributed by atoms with Crippen molar-refractivity contribution in [2.45, 2.75) is 19.1 Å². The molecule has 2 N–H and O–H groups in total. The van der Waals surface area contributed by atoms with Gasteiger partial charge in [-0.2, -0.15) is 0 Å². The normalized spacial score (nSPS) is 12.2. The third-order valence-electron chi connectivity index (χ3n) is 4.51. The van der Waals surface area contributed by atoms with Crippen LogP contribution in [-0.2, 0) is 6.54 Å². The maximum Gasteiger partial charge on any atom is 0.125 e. The molecule has 4 heteroatoms. The Bertz CT molecular complexity index is 978. The summed E-state index contributed by atoms with van der Waals surface area (Å²) in [4.78, 5) is 4.12. The fourth-order valence-corrected chi connectivity index (χ4v) is 3.10. The molecule has 1 atom stereocenters. The highest BCUT2D eigenvalue weighted by atomic mass is 16.5. The number of ether oxygens (including phenoxy) is 1. The first-order valence-electron chi connectivity index (χ1n) is 8.74. The first kappa shape index (κ1) is 16.2. The molecule has 26 heavy (non-hydrogen) atoms. The zero-order chi connectivity index (χ0) is 17.8. The summed E-state index contributed by atoms with van der Waals surface area (Å²) in [5.74, 6) is 0.822. The summed E-state index contributed by atoms with van der Waals surface area (Å²) in [5.41, 5.74) is 7.69. The average Bonchev–Trinajstić information content (AvgIpc) is 3.20. The molecule has 1 unspecified atom stereocenters. The van der Waals surface area contributed by atoms with Crippen molar-refractivity contribution in [1.29, 1.82) is 0 Å². The summed E-state index contributed by atoms with van der Waals surface area (Å²) < 4.78 is 8.38. The number of nitrogens with zero attached hydrogens (tertiary/aromatic N) is 2. The Morgan fingerprint density at radius 2 is 1.77 bits per heavy atom. The van der Waals surface area contributed by atoms with Crippen LogP contribution in [0.3, 0.4) is 0 Å². The second kappa shape index (κ2) is 7.31. The van der Waals surface area contributed by atoms with E-state index in [0.717, 1.165) is 24.4 Å². The largest absolute Gasteiger partial charge is 0.486 e. The molecule has 0 spiro atoms. The molecule has 0 radical (unpaired) electrons. The van der Waals surface area contributed by atoms with Gasteiger partial charge in [0.1, 0.15) is 11.9 Å². The Kier molecular flexibility index (Phi) is 4.56. The van der Waals surface area contributed by atoms with Crippen molar-refractivity contribution < 1.29 is 4.74 Å². The first-order chi connectivity index (χ1) is 12.8. The van der Waals surface area contributed by atoms with E-state index in [1.54, 1.807) is 6.20 Å². The lowest BCUT2D eigenvalue weighted by Crippen LogP contribution is -2.11. The van der Waals surface area contributed by atoms with Crippen molar-refractivity contribution in [3.05, 3.63) is 91.0 Å². The van der Waals surface area contributed by atoms with Gasteiger partial charge in [0.15, 0.2) is 0 Å². The predicted octanol–water partition coefficient (Wildman–Crippen LogP) is 4.83. The number of rotatable bonds is 6. The fourth-order valence-electron chi connectivity index (χ4n) is 3.10. The smallest absolute Gasteiger partial charge is 0.125 e. The fraction of sp³-hybridized carbons (Fsp3) is 0.136. The second-order valence-corrected chi connectivity index (χ2v) is 6.37. The van der Waals surface area contributed by atoms with Crippen LogP contribution in [0, 0.1) is 0 Å². The minimum absolute atomic E-state index is 0.0503. The number of nitrogen functional groups attached to an aromatic ring is 1. The zero-order valence-corrected chi connectivity index (χ0v) is 14.5. The van der Waals surface area contributed by atoms with Gasteiger partial charge in [-0.15, -0.1) is 0 Å². The van der Waals surface area contributed by atoms with Gasteiger partial charge in [-0.25, -0.2) is 4.98 Å². The van der Waals surface area contributed by atoms with Crippen LogP contribution < -0.4 is 10.5 Å². The van der Waals surface area contributed by atoms with Crippen LogP contribution in [0.1, 0.15) is 18.1 Å². The van der Waals surface area contributed by atoms with Crippen LogP contribution in [0.2, 0.25) is 0 Å². The molecule has 1 heterocycles. The Balaban J connectivity index is 1.62. The molecule has 4 nitrogen and oxygen atoms in total. The van der Waals surface area contributed by atoms with Gasteiger partial charge < -0.3 is 15.0 Å². The SMILES string of the molecule is Nc1ccc(OC(CCn2ccnc2)c2ccc3ccccc3c2)cc1. The highest BCUT2D eigenvalue weighted by Gasteiger charge is 2.14. The van der Waals surface area contributed by atoms with Gasteiger partial charge in [-0.3, -0.25) is 0 Å². The van der Waals surface area contributed by atoms with Gasteiger partial charge in [0, 0.05) is 31.0 Å². The first-order valence-corrected chi connectivity index (χ1v) is 8.74. The minimum atomic E-state index is -0.0503. The number of imidazole rings is 1. The van der Waals surface area contributed by atoms with Crippen LogP contribution >= 0.6 is 0 Å². The summed E-state index contributed by atoms with van der Waals surface area (Å²) in [7, 11) is 0. The quantitative estimate of drug-likeness (QED) is 0.510. The highest BCUT2D eigenvalue weighted by Crippen LogP contribution is 2.28. The lowest BCUT2D eigenvalue weighted by molar-refractivity contribution is 0.188. The van der Waals surface area contributed by atoms with Crippen LogP contribution in [-0.4, -0.2) is 9.55 Å². The number of nitrogens with two attached hydrogens (primary N) is 1. The summed E-state index contributed by atoms with van der Waals surface area (Å²) in [6.07, 6.45) is 6.40. The summed E-state index contributed by atoms with van der Waals surface area (Å²) >= 11 is 0. The van der Waals surface area contributed by atoms with Crippen molar-refractivity contribution in [1.82, 2.24) is 9.55 Å². The Morgan fingerprint density at radius 3 is 2.54 bits per heavy atom. The number of benzene rings is 3. The lowest BCUT2D eigenvalue weighted by Gasteiger charge is -2.20. The zero-order valence-electron chi connectivity index (χ0n) is 14.5.